The molecule has 0 spiro atoms. The van der Waals surface area contributed by atoms with Crippen molar-refractivity contribution in [2.75, 3.05) is 14.2 Å². The average molecular weight is 433 g/mol. The van der Waals surface area contributed by atoms with E-state index in [1.807, 2.05) is 0 Å². The minimum absolute atomic E-state index is 0.0577. The SMILES string of the molecule is CO[C@H]1O[C@@H](OC)[C@H]2C1=CC[C@H]1[C@]3(C)CC[C@H]4C(C)(C)CCC[C@]4(C)[C@H]3C[C@@H](O)[C@]21C. The Morgan fingerprint density at radius 3 is 2.32 bits per heavy atom. The monoisotopic (exact) mass is 432 g/mol. The summed E-state index contributed by atoms with van der Waals surface area (Å²) in [5.74, 6) is 1.82. The Morgan fingerprint density at radius 2 is 1.65 bits per heavy atom. The number of rotatable bonds is 2. The first-order chi connectivity index (χ1) is 14.5. The Bertz CT molecular complexity index is 760. The summed E-state index contributed by atoms with van der Waals surface area (Å²) in [5.41, 5.74) is 1.90. The van der Waals surface area contributed by atoms with Gasteiger partial charge in [-0.05, 0) is 78.1 Å². The van der Waals surface area contributed by atoms with Gasteiger partial charge in [0, 0.05) is 25.6 Å². The lowest BCUT2D eigenvalue weighted by atomic mass is 9.34. The number of allylic oxidation sites excluding steroid dienone is 1. The van der Waals surface area contributed by atoms with Gasteiger partial charge in [0.25, 0.3) is 0 Å². The fourth-order valence-electron chi connectivity index (χ4n) is 10.1. The lowest BCUT2D eigenvalue weighted by Crippen LogP contribution is -2.66. The van der Waals surface area contributed by atoms with Gasteiger partial charge in [0.15, 0.2) is 12.6 Å². The van der Waals surface area contributed by atoms with Crippen molar-refractivity contribution in [2.45, 2.75) is 98.2 Å². The van der Waals surface area contributed by atoms with E-state index in [1.165, 1.54) is 37.7 Å². The predicted octanol–water partition coefficient (Wildman–Crippen LogP) is 5.54. The molecule has 4 nitrogen and oxygen atoms in total. The highest BCUT2D eigenvalue weighted by Gasteiger charge is 2.70. The molecule has 176 valence electrons. The molecule has 0 unspecified atom stereocenters. The molecule has 5 aliphatic rings. The molecule has 31 heavy (non-hydrogen) atoms. The van der Waals surface area contributed by atoms with Crippen molar-refractivity contribution < 1.29 is 19.3 Å². The van der Waals surface area contributed by atoms with Crippen molar-refractivity contribution in [3.05, 3.63) is 11.6 Å². The van der Waals surface area contributed by atoms with Crippen molar-refractivity contribution in [3.63, 3.8) is 0 Å². The van der Waals surface area contributed by atoms with E-state index in [0.29, 0.717) is 22.7 Å². The van der Waals surface area contributed by atoms with Crippen LogP contribution in [0.3, 0.4) is 0 Å². The maximum atomic E-state index is 11.9. The van der Waals surface area contributed by atoms with E-state index >= 15 is 0 Å². The Labute approximate surface area is 189 Å². The second-order valence-electron chi connectivity index (χ2n) is 12.9. The molecule has 3 saturated carbocycles. The quantitative estimate of drug-likeness (QED) is 0.582. The van der Waals surface area contributed by atoms with Crippen LogP contribution in [0.25, 0.3) is 0 Å². The summed E-state index contributed by atoms with van der Waals surface area (Å²) in [6.07, 6.45) is 9.84. The summed E-state index contributed by atoms with van der Waals surface area (Å²) in [5, 5.41) is 11.9. The van der Waals surface area contributed by atoms with Gasteiger partial charge in [0.05, 0.1) is 6.10 Å². The van der Waals surface area contributed by atoms with E-state index in [4.69, 9.17) is 14.2 Å². The van der Waals surface area contributed by atoms with E-state index in [1.54, 1.807) is 14.2 Å². The van der Waals surface area contributed by atoms with Crippen LogP contribution in [0.1, 0.15) is 79.6 Å². The number of aliphatic hydroxyl groups excluding tert-OH is 1. The van der Waals surface area contributed by atoms with E-state index in [9.17, 15) is 5.11 Å². The van der Waals surface area contributed by atoms with E-state index in [2.05, 4.69) is 40.7 Å². The van der Waals surface area contributed by atoms with Crippen LogP contribution in [-0.4, -0.2) is 38.0 Å². The molecule has 4 aliphatic carbocycles. The number of methoxy groups -OCH3 is 2. The normalized spacial score (nSPS) is 55.5. The third kappa shape index (κ3) is 2.74. The zero-order chi connectivity index (χ0) is 22.4. The van der Waals surface area contributed by atoms with Gasteiger partial charge in [0.1, 0.15) is 0 Å². The fraction of sp³-hybridized carbons (Fsp3) is 0.926. The highest BCUT2D eigenvalue weighted by molar-refractivity contribution is 5.29. The first-order valence-electron chi connectivity index (χ1n) is 12.6. The van der Waals surface area contributed by atoms with Crippen molar-refractivity contribution in [1.29, 1.82) is 0 Å². The maximum Gasteiger partial charge on any atom is 0.183 e. The zero-order valence-corrected chi connectivity index (χ0v) is 20.7. The van der Waals surface area contributed by atoms with Crippen LogP contribution in [0.5, 0.6) is 0 Å². The molecule has 10 atom stereocenters. The highest BCUT2D eigenvalue weighted by Crippen LogP contribution is 2.73. The van der Waals surface area contributed by atoms with Crippen LogP contribution in [0.15, 0.2) is 11.6 Å². The van der Waals surface area contributed by atoms with Gasteiger partial charge in [-0.1, -0.05) is 47.1 Å². The van der Waals surface area contributed by atoms with Crippen molar-refractivity contribution >= 4 is 0 Å². The molecule has 1 N–H and O–H groups in total. The molecule has 0 bridgehead atoms. The van der Waals surface area contributed by atoms with Crippen LogP contribution in [0.4, 0.5) is 0 Å². The summed E-state index contributed by atoms with van der Waals surface area (Å²) in [7, 11) is 3.43. The van der Waals surface area contributed by atoms with Gasteiger partial charge in [-0.25, -0.2) is 0 Å². The zero-order valence-electron chi connectivity index (χ0n) is 20.7. The smallest absolute Gasteiger partial charge is 0.183 e. The third-order valence-corrected chi connectivity index (χ3v) is 11.4. The molecule has 0 radical (unpaired) electrons. The number of hydrogen-bond donors (Lipinski definition) is 1. The molecule has 0 aromatic carbocycles. The lowest BCUT2D eigenvalue weighted by molar-refractivity contribution is -0.255. The predicted molar refractivity (Wildman–Crippen MR) is 121 cm³/mol. The first-order valence-corrected chi connectivity index (χ1v) is 12.6. The summed E-state index contributed by atoms with van der Waals surface area (Å²) in [6, 6.07) is 0. The molecule has 4 fully saturated rings. The lowest BCUT2D eigenvalue weighted by Gasteiger charge is -2.70. The molecule has 1 aliphatic heterocycles. The van der Waals surface area contributed by atoms with E-state index in [-0.39, 0.29) is 35.4 Å². The van der Waals surface area contributed by atoms with Gasteiger partial charge >= 0.3 is 0 Å². The Hall–Kier alpha value is -0.420. The molecule has 5 rings (SSSR count). The van der Waals surface area contributed by atoms with Crippen molar-refractivity contribution in [3.8, 4) is 0 Å². The summed E-state index contributed by atoms with van der Waals surface area (Å²) < 4.78 is 17.6. The maximum absolute atomic E-state index is 11.9. The number of hydrogen-bond acceptors (Lipinski definition) is 4. The summed E-state index contributed by atoms with van der Waals surface area (Å²) in [4.78, 5) is 0. The Kier molecular flexibility index (Phi) is 5.08. The average Bonchev–Trinajstić information content (AvgIpc) is 3.08. The minimum Gasteiger partial charge on any atom is -0.393 e. The van der Waals surface area contributed by atoms with Crippen molar-refractivity contribution in [1.82, 2.24) is 0 Å². The highest BCUT2D eigenvalue weighted by atomic mass is 16.8. The third-order valence-electron chi connectivity index (χ3n) is 11.4. The second-order valence-corrected chi connectivity index (χ2v) is 12.9. The fourth-order valence-corrected chi connectivity index (χ4v) is 10.1. The van der Waals surface area contributed by atoms with Gasteiger partial charge in [-0.15, -0.1) is 0 Å². The second kappa shape index (κ2) is 7.04. The molecule has 1 heterocycles. The van der Waals surface area contributed by atoms with E-state index < -0.39 is 0 Å². The molecule has 1 saturated heterocycles. The molecule has 0 amide bonds. The van der Waals surface area contributed by atoms with Crippen LogP contribution in [0.2, 0.25) is 0 Å². The van der Waals surface area contributed by atoms with Gasteiger partial charge in [0.2, 0.25) is 0 Å². The minimum atomic E-state index is -0.349. The number of fused-ring (bicyclic) bond motifs is 7. The Balaban J connectivity index is 1.58. The molecule has 0 aromatic rings. The molecular weight excluding hydrogens is 388 g/mol. The first kappa shape index (κ1) is 22.4. The molecular formula is C27H44O4. The Morgan fingerprint density at radius 1 is 0.935 bits per heavy atom. The number of aliphatic hydroxyl groups is 1. The number of ether oxygens (including phenoxy) is 3. The van der Waals surface area contributed by atoms with Crippen LogP contribution in [0, 0.1) is 45.3 Å². The topological polar surface area (TPSA) is 47.9 Å². The summed E-state index contributed by atoms with van der Waals surface area (Å²) in [6.45, 7) is 12.5. The van der Waals surface area contributed by atoms with Gasteiger partial charge < -0.3 is 19.3 Å². The van der Waals surface area contributed by atoms with Crippen LogP contribution < -0.4 is 0 Å². The molecule has 0 aromatic heterocycles. The summed E-state index contributed by atoms with van der Waals surface area (Å²) >= 11 is 0. The van der Waals surface area contributed by atoms with Crippen molar-refractivity contribution in [2.24, 2.45) is 45.3 Å². The van der Waals surface area contributed by atoms with Crippen LogP contribution >= 0.6 is 0 Å². The standard InChI is InChI=1S/C27H44O4/c1-24(2)12-8-13-25(3)17(24)11-14-26(4)18-10-9-16-21(23(30-7)31-22(16)29-6)27(18,5)20(28)15-19(25)26/h9,17-23,28H,8,10-15H2,1-7H3/t17-,18-,19+,20+,21+,22-,23+,25-,26-,27+/m0/s1. The van der Waals surface area contributed by atoms with Crippen LogP contribution in [-0.2, 0) is 14.2 Å². The van der Waals surface area contributed by atoms with Gasteiger partial charge in [-0.2, -0.15) is 0 Å². The largest absolute Gasteiger partial charge is 0.393 e. The van der Waals surface area contributed by atoms with E-state index in [0.717, 1.165) is 18.8 Å². The molecule has 4 heteroatoms. The van der Waals surface area contributed by atoms with Gasteiger partial charge in [-0.3, -0.25) is 0 Å².